The molecule has 0 aliphatic heterocycles. The highest BCUT2D eigenvalue weighted by Gasteiger charge is 2.18. The lowest BCUT2D eigenvalue weighted by atomic mass is 10.1. The van der Waals surface area contributed by atoms with Crippen LogP contribution in [0.15, 0.2) is 24.5 Å². The van der Waals surface area contributed by atoms with Crippen molar-refractivity contribution in [3.05, 3.63) is 41.7 Å². The number of benzene rings is 1. The first kappa shape index (κ1) is 13.9. The van der Waals surface area contributed by atoms with Crippen LogP contribution in [0, 0.1) is 11.6 Å². The Morgan fingerprint density at radius 1 is 1.45 bits per heavy atom. The molecule has 20 heavy (non-hydrogen) atoms. The molecular formula is C12H13F2N5O. The van der Waals surface area contributed by atoms with Gasteiger partial charge in [-0.3, -0.25) is 4.79 Å². The quantitative estimate of drug-likeness (QED) is 0.876. The van der Waals surface area contributed by atoms with E-state index < -0.39 is 23.6 Å². The van der Waals surface area contributed by atoms with E-state index in [1.54, 1.807) is 0 Å². The van der Waals surface area contributed by atoms with Crippen LogP contribution in [0.5, 0.6) is 0 Å². The zero-order valence-corrected chi connectivity index (χ0v) is 10.7. The van der Waals surface area contributed by atoms with Gasteiger partial charge in [0.15, 0.2) is 0 Å². The third-order valence-corrected chi connectivity index (χ3v) is 2.67. The van der Waals surface area contributed by atoms with Crippen LogP contribution in [0.1, 0.15) is 18.5 Å². The van der Waals surface area contributed by atoms with Crippen LogP contribution < -0.4 is 11.1 Å². The fraction of sp³-hybridized carbons (Fsp3) is 0.250. The summed E-state index contributed by atoms with van der Waals surface area (Å²) >= 11 is 0. The molecular weight excluding hydrogens is 268 g/mol. The Kier molecular flexibility index (Phi) is 3.92. The smallest absolute Gasteiger partial charge is 0.242 e. The molecule has 1 unspecified atom stereocenters. The molecule has 6 nitrogen and oxygen atoms in total. The molecule has 3 N–H and O–H groups in total. The maximum Gasteiger partial charge on any atom is 0.242 e. The van der Waals surface area contributed by atoms with Gasteiger partial charge in [0.05, 0.1) is 6.04 Å². The minimum atomic E-state index is -0.801. The van der Waals surface area contributed by atoms with E-state index in [9.17, 15) is 13.6 Å². The number of carbonyl (C=O) groups is 1. The van der Waals surface area contributed by atoms with Gasteiger partial charge in [0.1, 0.15) is 24.5 Å². The molecule has 0 saturated carbocycles. The number of hydrogen-bond acceptors (Lipinski definition) is 4. The van der Waals surface area contributed by atoms with Crippen LogP contribution in [0.2, 0.25) is 0 Å². The summed E-state index contributed by atoms with van der Waals surface area (Å²) < 4.78 is 28.3. The highest BCUT2D eigenvalue weighted by molar-refractivity contribution is 5.76. The maximum atomic E-state index is 13.5. The van der Waals surface area contributed by atoms with E-state index in [2.05, 4.69) is 15.4 Å². The number of aromatic nitrogens is 3. The predicted octanol–water partition coefficient (Wildman–Crippen LogP) is 1.02. The summed E-state index contributed by atoms with van der Waals surface area (Å²) in [6, 6.07) is 2.74. The van der Waals surface area contributed by atoms with Crippen LogP contribution in [0.3, 0.4) is 0 Å². The lowest BCUT2D eigenvalue weighted by Crippen LogP contribution is -2.31. The normalized spacial score (nSPS) is 12.2. The molecule has 0 radical (unpaired) electrons. The molecule has 2 rings (SSSR count). The summed E-state index contributed by atoms with van der Waals surface area (Å²) in [7, 11) is 0. The SMILES string of the molecule is CC(NC(=O)Cn1cnc(N)n1)c1c(F)cccc1F. The van der Waals surface area contributed by atoms with Crippen molar-refractivity contribution in [3.8, 4) is 0 Å². The van der Waals surface area contributed by atoms with Gasteiger partial charge < -0.3 is 11.1 Å². The molecule has 1 aromatic carbocycles. The summed E-state index contributed by atoms with van der Waals surface area (Å²) in [5.74, 6) is -1.82. The number of nitrogens with two attached hydrogens (primary N) is 1. The zero-order chi connectivity index (χ0) is 14.7. The third kappa shape index (κ3) is 3.08. The second kappa shape index (κ2) is 5.64. The van der Waals surface area contributed by atoms with E-state index >= 15 is 0 Å². The molecule has 8 heteroatoms. The van der Waals surface area contributed by atoms with Crippen LogP contribution >= 0.6 is 0 Å². The molecule has 1 heterocycles. The highest BCUT2D eigenvalue weighted by atomic mass is 19.1. The van der Waals surface area contributed by atoms with Crippen molar-refractivity contribution in [1.29, 1.82) is 0 Å². The van der Waals surface area contributed by atoms with Crippen molar-refractivity contribution in [2.24, 2.45) is 0 Å². The minimum absolute atomic E-state index is 0.0472. The summed E-state index contributed by atoms with van der Waals surface area (Å²) in [5.41, 5.74) is 5.13. The molecule has 1 atom stereocenters. The first-order valence-corrected chi connectivity index (χ1v) is 5.85. The molecule has 0 saturated heterocycles. The zero-order valence-electron chi connectivity index (χ0n) is 10.7. The lowest BCUT2D eigenvalue weighted by molar-refractivity contribution is -0.122. The fourth-order valence-corrected chi connectivity index (χ4v) is 1.82. The van der Waals surface area contributed by atoms with Crippen molar-refractivity contribution in [2.45, 2.75) is 19.5 Å². The number of nitrogens with zero attached hydrogens (tertiary/aromatic N) is 3. The Balaban J connectivity index is 2.04. The van der Waals surface area contributed by atoms with E-state index in [1.165, 1.54) is 24.0 Å². The van der Waals surface area contributed by atoms with Crippen LogP contribution in [-0.2, 0) is 11.3 Å². The first-order chi connectivity index (χ1) is 9.47. The maximum absolute atomic E-state index is 13.5. The number of amides is 1. The van der Waals surface area contributed by atoms with Crippen molar-refractivity contribution in [1.82, 2.24) is 20.1 Å². The fourth-order valence-electron chi connectivity index (χ4n) is 1.82. The lowest BCUT2D eigenvalue weighted by Gasteiger charge is -2.15. The second-order valence-electron chi connectivity index (χ2n) is 4.22. The Hall–Kier alpha value is -2.51. The van der Waals surface area contributed by atoms with Crippen molar-refractivity contribution in [3.63, 3.8) is 0 Å². The second-order valence-corrected chi connectivity index (χ2v) is 4.22. The predicted molar refractivity (Wildman–Crippen MR) is 67.4 cm³/mol. The molecule has 0 bridgehead atoms. The number of halogens is 2. The first-order valence-electron chi connectivity index (χ1n) is 5.85. The largest absolute Gasteiger partial charge is 0.367 e. The van der Waals surface area contributed by atoms with E-state index in [4.69, 9.17) is 5.73 Å². The standard InChI is InChI=1S/C12H13F2N5O/c1-7(11-8(13)3-2-4-9(11)14)17-10(20)5-19-6-16-12(15)18-19/h2-4,6-7H,5H2,1H3,(H2,15,18)(H,17,20). The van der Waals surface area contributed by atoms with Gasteiger partial charge in [-0.25, -0.2) is 18.4 Å². The number of hydrogen-bond donors (Lipinski definition) is 2. The summed E-state index contributed by atoms with van der Waals surface area (Å²) in [5, 5.41) is 6.23. The minimum Gasteiger partial charge on any atom is -0.367 e. The number of rotatable bonds is 4. The average Bonchev–Trinajstić information content (AvgIpc) is 2.74. The summed E-state index contributed by atoms with van der Waals surface area (Å²) in [6.45, 7) is 1.36. The number of carbonyl (C=O) groups excluding carboxylic acids is 1. The van der Waals surface area contributed by atoms with Gasteiger partial charge >= 0.3 is 0 Å². The number of nitrogen functional groups attached to an aromatic ring is 1. The average molecular weight is 281 g/mol. The molecule has 0 fully saturated rings. The van der Waals surface area contributed by atoms with Crippen molar-refractivity contribution >= 4 is 11.9 Å². The third-order valence-electron chi connectivity index (χ3n) is 2.67. The monoisotopic (exact) mass is 281 g/mol. The summed E-state index contributed by atoms with van der Waals surface area (Å²) in [4.78, 5) is 15.4. The van der Waals surface area contributed by atoms with Gasteiger partial charge in [0.25, 0.3) is 0 Å². The van der Waals surface area contributed by atoms with Crippen molar-refractivity contribution in [2.75, 3.05) is 5.73 Å². The number of anilines is 1. The van der Waals surface area contributed by atoms with Gasteiger partial charge in [-0.15, -0.1) is 5.10 Å². The molecule has 0 spiro atoms. The highest BCUT2D eigenvalue weighted by Crippen LogP contribution is 2.20. The van der Waals surface area contributed by atoms with E-state index in [0.29, 0.717) is 0 Å². The van der Waals surface area contributed by atoms with Crippen LogP contribution in [0.4, 0.5) is 14.7 Å². The van der Waals surface area contributed by atoms with Gasteiger partial charge in [0.2, 0.25) is 11.9 Å². The Labute approximate surface area is 113 Å². The molecule has 0 aliphatic rings. The molecule has 0 aliphatic carbocycles. The van der Waals surface area contributed by atoms with E-state index in [-0.39, 0.29) is 18.1 Å². The molecule has 2 aromatic rings. The Morgan fingerprint density at radius 2 is 2.10 bits per heavy atom. The number of nitrogens with one attached hydrogen (secondary N) is 1. The Bertz CT molecular complexity index is 608. The van der Waals surface area contributed by atoms with E-state index in [0.717, 1.165) is 12.1 Å². The molecule has 1 amide bonds. The van der Waals surface area contributed by atoms with Gasteiger partial charge in [-0.1, -0.05) is 6.07 Å². The summed E-state index contributed by atoms with van der Waals surface area (Å²) in [6.07, 6.45) is 1.29. The van der Waals surface area contributed by atoms with Crippen molar-refractivity contribution < 1.29 is 13.6 Å². The van der Waals surface area contributed by atoms with E-state index in [1.807, 2.05) is 0 Å². The topological polar surface area (TPSA) is 85.8 Å². The van der Waals surface area contributed by atoms with Gasteiger partial charge in [0, 0.05) is 5.56 Å². The molecule has 1 aromatic heterocycles. The van der Waals surface area contributed by atoms with Crippen LogP contribution in [0.25, 0.3) is 0 Å². The van der Waals surface area contributed by atoms with Crippen LogP contribution in [-0.4, -0.2) is 20.7 Å². The Morgan fingerprint density at radius 3 is 2.65 bits per heavy atom. The molecule has 106 valence electrons. The van der Waals surface area contributed by atoms with Gasteiger partial charge in [-0.05, 0) is 19.1 Å². The van der Waals surface area contributed by atoms with Gasteiger partial charge in [-0.2, -0.15) is 0 Å².